The largest absolute Gasteiger partial charge is 0.465 e. The SMILES string of the molecule is COC(=O)c1cccc(C(=O)N2CCC[C@@H]2c2nc(-c3ccccc3Cl)no2)c1. The fourth-order valence-corrected chi connectivity index (χ4v) is 3.67. The van der Waals surface area contributed by atoms with E-state index >= 15 is 0 Å². The normalized spacial score (nSPS) is 16.1. The van der Waals surface area contributed by atoms with Gasteiger partial charge in [0, 0.05) is 17.7 Å². The maximum atomic E-state index is 13.1. The summed E-state index contributed by atoms with van der Waals surface area (Å²) >= 11 is 6.22. The Hall–Kier alpha value is -3.19. The average molecular weight is 412 g/mol. The molecule has 1 atom stereocenters. The number of nitrogens with zero attached hydrogens (tertiary/aromatic N) is 3. The van der Waals surface area contributed by atoms with Crippen LogP contribution in [-0.2, 0) is 4.74 Å². The van der Waals surface area contributed by atoms with Gasteiger partial charge in [0.15, 0.2) is 0 Å². The third-order valence-corrected chi connectivity index (χ3v) is 5.22. The number of aromatic nitrogens is 2. The molecule has 7 nitrogen and oxygen atoms in total. The van der Waals surface area contributed by atoms with Gasteiger partial charge in [0.05, 0.1) is 17.7 Å². The summed E-state index contributed by atoms with van der Waals surface area (Å²) in [5, 5.41) is 4.56. The van der Waals surface area contributed by atoms with Crippen LogP contribution < -0.4 is 0 Å². The second-order valence-electron chi connectivity index (χ2n) is 6.67. The fraction of sp³-hybridized carbons (Fsp3) is 0.238. The Morgan fingerprint density at radius 1 is 1.17 bits per heavy atom. The van der Waals surface area contributed by atoms with Gasteiger partial charge in [0.2, 0.25) is 11.7 Å². The van der Waals surface area contributed by atoms with E-state index in [1.807, 2.05) is 18.2 Å². The summed E-state index contributed by atoms with van der Waals surface area (Å²) in [7, 11) is 1.31. The summed E-state index contributed by atoms with van der Waals surface area (Å²) in [4.78, 5) is 31.0. The van der Waals surface area contributed by atoms with Gasteiger partial charge in [-0.2, -0.15) is 4.98 Å². The number of hydrogen-bond donors (Lipinski definition) is 0. The minimum absolute atomic E-state index is 0.198. The van der Waals surface area contributed by atoms with Crippen LogP contribution in [0.2, 0.25) is 5.02 Å². The number of esters is 1. The number of carbonyl (C=O) groups excluding carboxylic acids is 2. The summed E-state index contributed by atoms with van der Waals surface area (Å²) in [6.45, 7) is 0.565. The maximum absolute atomic E-state index is 13.1. The Morgan fingerprint density at radius 2 is 1.97 bits per heavy atom. The molecule has 1 saturated heterocycles. The van der Waals surface area contributed by atoms with E-state index in [1.165, 1.54) is 13.2 Å². The molecule has 0 saturated carbocycles. The molecule has 0 aliphatic carbocycles. The van der Waals surface area contributed by atoms with Crippen LogP contribution in [0.4, 0.5) is 0 Å². The first-order chi connectivity index (χ1) is 14.1. The molecule has 2 heterocycles. The van der Waals surface area contributed by atoms with Gasteiger partial charge in [-0.05, 0) is 43.2 Å². The van der Waals surface area contributed by atoms with E-state index in [0.717, 1.165) is 6.42 Å². The van der Waals surface area contributed by atoms with Crippen LogP contribution in [0.25, 0.3) is 11.4 Å². The molecule has 0 N–H and O–H groups in total. The number of hydrogen-bond acceptors (Lipinski definition) is 6. The molecule has 148 valence electrons. The summed E-state index contributed by atoms with van der Waals surface area (Å²) in [6, 6.07) is 13.4. The van der Waals surface area contributed by atoms with Crippen LogP contribution in [-0.4, -0.2) is 40.6 Å². The molecule has 8 heteroatoms. The van der Waals surface area contributed by atoms with Crippen LogP contribution in [0.5, 0.6) is 0 Å². The molecule has 4 rings (SSSR count). The number of carbonyl (C=O) groups is 2. The minimum atomic E-state index is -0.487. The lowest BCUT2D eigenvalue weighted by atomic mass is 10.1. The number of ether oxygens (including phenoxy) is 1. The average Bonchev–Trinajstić information content (AvgIpc) is 3.42. The van der Waals surface area contributed by atoms with Crippen molar-refractivity contribution in [2.75, 3.05) is 13.7 Å². The van der Waals surface area contributed by atoms with E-state index in [4.69, 9.17) is 20.9 Å². The van der Waals surface area contributed by atoms with E-state index < -0.39 is 5.97 Å². The lowest BCUT2D eigenvalue weighted by molar-refractivity contribution is 0.0600. The number of rotatable bonds is 4. The van der Waals surface area contributed by atoms with Gasteiger partial charge < -0.3 is 14.2 Å². The molecule has 1 aliphatic heterocycles. The molecule has 0 spiro atoms. The predicted octanol–water partition coefficient (Wildman–Crippen LogP) is 4.15. The first-order valence-corrected chi connectivity index (χ1v) is 9.54. The van der Waals surface area contributed by atoms with Crippen LogP contribution >= 0.6 is 11.6 Å². The molecule has 1 aliphatic rings. The maximum Gasteiger partial charge on any atom is 0.337 e. The van der Waals surface area contributed by atoms with Gasteiger partial charge in [-0.15, -0.1) is 0 Å². The minimum Gasteiger partial charge on any atom is -0.465 e. The van der Waals surface area contributed by atoms with E-state index in [1.54, 1.807) is 29.2 Å². The Bertz CT molecular complexity index is 1070. The zero-order valence-corrected chi connectivity index (χ0v) is 16.4. The van der Waals surface area contributed by atoms with Crippen molar-refractivity contribution in [3.8, 4) is 11.4 Å². The highest BCUT2D eigenvalue weighted by atomic mass is 35.5. The van der Waals surface area contributed by atoms with Crippen molar-refractivity contribution in [2.24, 2.45) is 0 Å². The lowest BCUT2D eigenvalue weighted by Gasteiger charge is -2.22. The molecule has 29 heavy (non-hydrogen) atoms. The summed E-state index contributed by atoms with van der Waals surface area (Å²) in [6.07, 6.45) is 1.53. The van der Waals surface area contributed by atoms with Crippen LogP contribution in [0.1, 0.15) is 45.5 Å². The standard InChI is InChI=1S/C21H18ClN3O4/c1-28-21(27)14-7-4-6-13(12-14)20(26)25-11-5-10-17(25)19-23-18(24-29-19)15-8-2-3-9-16(15)22/h2-4,6-9,12,17H,5,10-11H2,1H3/t17-/m1/s1. The summed E-state index contributed by atoms with van der Waals surface area (Å²) < 4.78 is 10.2. The zero-order chi connectivity index (χ0) is 20.4. The van der Waals surface area contributed by atoms with Crippen molar-refractivity contribution < 1.29 is 18.8 Å². The van der Waals surface area contributed by atoms with Gasteiger partial charge in [0.1, 0.15) is 6.04 Å². The monoisotopic (exact) mass is 411 g/mol. The van der Waals surface area contributed by atoms with Gasteiger partial charge in [-0.1, -0.05) is 35.0 Å². The third-order valence-electron chi connectivity index (χ3n) is 4.89. The molecule has 1 aromatic heterocycles. The first kappa shape index (κ1) is 19.1. The number of benzene rings is 2. The number of methoxy groups -OCH3 is 1. The zero-order valence-electron chi connectivity index (χ0n) is 15.7. The Morgan fingerprint density at radius 3 is 2.76 bits per heavy atom. The topological polar surface area (TPSA) is 85.5 Å². The Labute approximate surface area is 172 Å². The highest BCUT2D eigenvalue weighted by molar-refractivity contribution is 6.33. The van der Waals surface area contributed by atoms with Crippen molar-refractivity contribution in [1.29, 1.82) is 0 Å². The molecule has 0 bridgehead atoms. The number of halogens is 1. The summed E-state index contributed by atoms with van der Waals surface area (Å²) in [5.41, 5.74) is 1.41. The van der Waals surface area contributed by atoms with E-state index in [9.17, 15) is 9.59 Å². The third kappa shape index (κ3) is 3.73. The highest BCUT2D eigenvalue weighted by Gasteiger charge is 2.35. The lowest BCUT2D eigenvalue weighted by Crippen LogP contribution is -2.30. The van der Waals surface area contributed by atoms with Gasteiger partial charge in [-0.3, -0.25) is 4.79 Å². The molecule has 0 unspecified atom stereocenters. The second kappa shape index (κ2) is 8.05. The van der Waals surface area contributed by atoms with E-state index in [0.29, 0.717) is 46.4 Å². The van der Waals surface area contributed by atoms with Crippen molar-refractivity contribution in [3.63, 3.8) is 0 Å². The quantitative estimate of drug-likeness (QED) is 0.599. The van der Waals surface area contributed by atoms with Crippen molar-refractivity contribution in [3.05, 3.63) is 70.6 Å². The van der Waals surface area contributed by atoms with Gasteiger partial charge in [-0.25, -0.2) is 4.79 Å². The Balaban J connectivity index is 1.59. The second-order valence-corrected chi connectivity index (χ2v) is 7.07. The molecule has 3 aromatic rings. The molecule has 1 fully saturated rings. The van der Waals surface area contributed by atoms with Gasteiger partial charge in [0.25, 0.3) is 5.91 Å². The van der Waals surface area contributed by atoms with E-state index in [2.05, 4.69) is 10.1 Å². The van der Waals surface area contributed by atoms with Crippen LogP contribution in [0.3, 0.4) is 0 Å². The molecule has 2 aromatic carbocycles. The van der Waals surface area contributed by atoms with Crippen molar-refractivity contribution in [2.45, 2.75) is 18.9 Å². The van der Waals surface area contributed by atoms with Crippen molar-refractivity contribution in [1.82, 2.24) is 15.0 Å². The Kier molecular flexibility index (Phi) is 5.31. The molecular formula is C21H18ClN3O4. The predicted molar refractivity (Wildman–Crippen MR) is 106 cm³/mol. The van der Waals surface area contributed by atoms with Gasteiger partial charge >= 0.3 is 5.97 Å². The highest BCUT2D eigenvalue weighted by Crippen LogP contribution is 2.34. The van der Waals surface area contributed by atoms with E-state index in [-0.39, 0.29) is 11.9 Å². The van der Waals surface area contributed by atoms with Crippen molar-refractivity contribution >= 4 is 23.5 Å². The molecule has 1 amide bonds. The number of amides is 1. The molecular weight excluding hydrogens is 394 g/mol. The number of likely N-dealkylation sites (tertiary alicyclic amines) is 1. The molecule has 0 radical (unpaired) electrons. The van der Waals surface area contributed by atoms with Crippen LogP contribution in [0.15, 0.2) is 53.1 Å². The smallest absolute Gasteiger partial charge is 0.337 e. The fourth-order valence-electron chi connectivity index (χ4n) is 3.45. The first-order valence-electron chi connectivity index (χ1n) is 9.16. The van der Waals surface area contributed by atoms with Crippen LogP contribution in [0, 0.1) is 0 Å². The summed E-state index contributed by atoms with van der Waals surface area (Å²) in [5.74, 6) is 0.0714.